The zero-order chi connectivity index (χ0) is 8.39. The van der Waals surface area contributed by atoms with Crippen molar-refractivity contribution in [2.24, 2.45) is 5.73 Å². The first-order chi connectivity index (χ1) is 5.86. The van der Waals surface area contributed by atoms with Crippen molar-refractivity contribution >= 4 is 0 Å². The van der Waals surface area contributed by atoms with Crippen LogP contribution in [0, 0.1) is 0 Å². The lowest BCUT2D eigenvalue weighted by molar-refractivity contribution is 0.304. The van der Waals surface area contributed by atoms with Gasteiger partial charge in [-0.15, -0.1) is 0 Å². The molecule has 3 heteroatoms. The third-order valence-corrected chi connectivity index (χ3v) is 2.64. The van der Waals surface area contributed by atoms with Gasteiger partial charge in [-0.2, -0.15) is 5.10 Å². The van der Waals surface area contributed by atoms with E-state index in [1.165, 1.54) is 12.8 Å². The summed E-state index contributed by atoms with van der Waals surface area (Å²) in [6, 6.07) is 3.01. The van der Waals surface area contributed by atoms with Gasteiger partial charge in [0.1, 0.15) is 0 Å². The van der Waals surface area contributed by atoms with E-state index in [4.69, 9.17) is 5.73 Å². The second-order valence-corrected chi connectivity index (χ2v) is 3.55. The van der Waals surface area contributed by atoms with E-state index in [1.54, 1.807) is 0 Å². The van der Waals surface area contributed by atoms with Crippen LogP contribution in [0.15, 0.2) is 18.5 Å². The fourth-order valence-electron chi connectivity index (χ4n) is 1.86. The Morgan fingerprint density at radius 2 is 2.00 bits per heavy atom. The number of nitrogens with zero attached hydrogens (tertiary/aromatic N) is 2. The second-order valence-electron chi connectivity index (χ2n) is 3.55. The zero-order valence-electron chi connectivity index (χ0n) is 7.19. The van der Waals surface area contributed by atoms with Crippen molar-refractivity contribution in [1.82, 2.24) is 9.78 Å². The van der Waals surface area contributed by atoms with Gasteiger partial charge in [0.05, 0.1) is 6.04 Å². The molecule has 3 nitrogen and oxygen atoms in total. The van der Waals surface area contributed by atoms with Crippen molar-refractivity contribution < 1.29 is 0 Å². The van der Waals surface area contributed by atoms with Gasteiger partial charge in [0.15, 0.2) is 0 Å². The molecule has 0 saturated heterocycles. The molecule has 12 heavy (non-hydrogen) atoms. The first-order valence-electron chi connectivity index (χ1n) is 4.61. The minimum absolute atomic E-state index is 0.428. The number of hydrogen-bond donors (Lipinski definition) is 1. The monoisotopic (exact) mass is 165 g/mol. The van der Waals surface area contributed by atoms with Gasteiger partial charge < -0.3 is 5.73 Å². The smallest absolute Gasteiger partial charge is 0.0520 e. The van der Waals surface area contributed by atoms with Crippen LogP contribution in [-0.4, -0.2) is 15.8 Å². The molecule has 0 aromatic carbocycles. The Hall–Kier alpha value is -0.830. The lowest BCUT2D eigenvalue weighted by Crippen LogP contribution is -2.27. The molecule has 0 aliphatic heterocycles. The van der Waals surface area contributed by atoms with Gasteiger partial charge in [0, 0.05) is 18.4 Å². The van der Waals surface area contributed by atoms with E-state index in [1.807, 2.05) is 18.5 Å². The Morgan fingerprint density at radius 1 is 1.25 bits per heavy atom. The van der Waals surface area contributed by atoms with Crippen LogP contribution in [0.3, 0.4) is 0 Å². The summed E-state index contributed by atoms with van der Waals surface area (Å²) >= 11 is 0. The van der Waals surface area contributed by atoms with Crippen molar-refractivity contribution in [3.63, 3.8) is 0 Å². The van der Waals surface area contributed by atoms with Crippen molar-refractivity contribution in [3.05, 3.63) is 18.5 Å². The standard InChI is InChI=1S/C9H15N3/c10-8-2-4-9(5-3-8)12-7-1-6-11-12/h1,6-9H,2-5,10H2/t8-,9+. The van der Waals surface area contributed by atoms with Gasteiger partial charge in [-0.25, -0.2) is 0 Å². The molecule has 1 aliphatic carbocycles. The van der Waals surface area contributed by atoms with Crippen LogP contribution < -0.4 is 5.73 Å². The molecule has 0 radical (unpaired) electrons. The average molecular weight is 165 g/mol. The predicted octanol–water partition coefficient (Wildman–Crippen LogP) is 1.33. The molecule has 66 valence electrons. The number of nitrogens with two attached hydrogens (primary N) is 1. The third-order valence-electron chi connectivity index (χ3n) is 2.64. The Labute approximate surface area is 72.6 Å². The molecule has 0 bridgehead atoms. The maximum absolute atomic E-state index is 5.82. The second kappa shape index (κ2) is 3.27. The van der Waals surface area contributed by atoms with E-state index in [2.05, 4.69) is 9.78 Å². The quantitative estimate of drug-likeness (QED) is 0.682. The lowest BCUT2D eigenvalue weighted by Gasteiger charge is -2.26. The molecule has 1 saturated carbocycles. The SMILES string of the molecule is N[C@H]1CC[C@@H](n2cccn2)CC1. The molecule has 1 aromatic rings. The topological polar surface area (TPSA) is 43.8 Å². The highest BCUT2D eigenvalue weighted by atomic mass is 15.3. The number of aromatic nitrogens is 2. The summed E-state index contributed by atoms with van der Waals surface area (Å²) in [5, 5.41) is 4.24. The summed E-state index contributed by atoms with van der Waals surface area (Å²) in [6.07, 6.45) is 8.54. The average Bonchev–Trinajstić information content (AvgIpc) is 2.58. The summed E-state index contributed by atoms with van der Waals surface area (Å²) in [4.78, 5) is 0. The van der Waals surface area contributed by atoms with Gasteiger partial charge >= 0.3 is 0 Å². The van der Waals surface area contributed by atoms with Crippen molar-refractivity contribution in [3.8, 4) is 0 Å². The molecule has 2 N–H and O–H groups in total. The van der Waals surface area contributed by atoms with Crippen LogP contribution in [0.5, 0.6) is 0 Å². The highest BCUT2D eigenvalue weighted by Crippen LogP contribution is 2.26. The first-order valence-corrected chi connectivity index (χ1v) is 4.61. The summed E-state index contributed by atoms with van der Waals surface area (Å²) in [6.45, 7) is 0. The molecule has 1 heterocycles. The molecule has 0 atom stereocenters. The van der Waals surface area contributed by atoms with Crippen LogP contribution in [0.25, 0.3) is 0 Å². The van der Waals surface area contributed by atoms with Crippen LogP contribution >= 0.6 is 0 Å². The van der Waals surface area contributed by atoms with E-state index in [0.717, 1.165) is 12.8 Å². The Bertz CT molecular complexity index is 222. The van der Waals surface area contributed by atoms with Crippen molar-refractivity contribution in [2.45, 2.75) is 37.8 Å². The van der Waals surface area contributed by atoms with Crippen LogP contribution in [0.2, 0.25) is 0 Å². The van der Waals surface area contributed by atoms with E-state index in [9.17, 15) is 0 Å². The fraction of sp³-hybridized carbons (Fsp3) is 0.667. The van der Waals surface area contributed by atoms with Crippen LogP contribution in [0.1, 0.15) is 31.7 Å². The minimum atomic E-state index is 0.428. The van der Waals surface area contributed by atoms with Gasteiger partial charge in [0.25, 0.3) is 0 Å². The summed E-state index contributed by atoms with van der Waals surface area (Å²) < 4.78 is 2.06. The highest BCUT2D eigenvalue weighted by Gasteiger charge is 2.19. The molecular formula is C9H15N3. The van der Waals surface area contributed by atoms with E-state index in [0.29, 0.717) is 12.1 Å². The molecule has 0 spiro atoms. The molecule has 1 fully saturated rings. The largest absolute Gasteiger partial charge is 0.328 e. The normalized spacial score (nSPS) is 30.4. The van der Waals surface area contributed by atoms with Gasteiger partial charge in [-0.3, -0.25) is 4.68 Å². The third kappa shape index (κ3) is 1.50. The maximum atomic E-state index is 5.82. The molecular weight excluding hydrogens is 150 g/mol. The summed E-state index contributed by atoms with van der Waals surface area (Å²) in [5.74, 6) is 0. The van der Waals surface area contributed by atoms with Crippen LogP contribution in [-0.2, 0) is 0 Å². The molecule has 1 aromatic heterocycles. The fourth-order valence-corrected chi connectivity index (χ4v) is 1.86. The Balaban J connectivity index is 1.99. The predicted molar refractivity (Wildman–Crippen MR) is 47.7 cm³/mol. The van der Waals surface area contributed by atoms with Crippen molar-refractivity contribution in [1.29, 1.82) is 0 Å². The van der Waals surface area contributed by atoms with Gasteiger partial charge in [-0.05, 0) is 31.7 Å². The van der Waals surface area contributed by atoms with E-state index in [-0.39, 0.29) is 0 Å². The summed E-state index contributed by atoms with van der Waals surface area (Å²) in [7, 11) is 0. The lowest BCUT2D eigenvalue weighted by atomic mass is 9.92. The van der Waals surface area contributed by atoms with Crippen molar-refractivity contribution in [2.75, 3.05) is 0 Å². The summed E-state index contributed by atoms with van der Waals surface area (Å²) in [5.41, 5.74) is 5.82. The highest BCUT2D eigenvalue weighted by molar-refractivity contribution is 4.84. The van der Waals surface area contributed by atoms with Gasteiger partial charge in [-0.1, -0.05) is 0 Å². The van der Waals surface area contributed by atoms with E-state index < -0.39 is 0 Å². The number of rotatable bonds is 1. The molecule has 1 aliphatic rings. The molecule has 0 unspecified atom stereocenters. The number of hydrogen-bond acceptors (Lipinski definition) is 2. The zero-order valence-corrected chi connectivity index (χ0v) is 7.19. The Morgan fingerprint density at radius 3 is 2.58 bits per heavy atom. The first kappa shape index (κ1) is 7.80. The van der Waals surface area contributed by atoms with Crippen LogP contribution in [0.4, 0.5) is 0 Å². The van der Waals surface area contributed by atoms with Gasteiger partial charge in [0.2, 0.25) is 0 Å². The molecule has 0 amide bonds. The molecule has 2 rings (SSSR count). The Kier molecular flexibility index (Phi) is 2.13. The maximum Gasteiger partial charge on any atom is 0.0520 e. The van der Waals surface area contributed by atoms with E-state index >= 15 is 0 Å². The minimum Gasteiger partial charge on any atom is -0.328 e.